The van der Waals surface area contributed by atoms with Crippen molar-refractivity contribution in [2.24, 2.45) is 0 Å². The van der Waals surface area contributed by atoms with Gasteiger partial charge < -0.3 is 30.8 Å². The van der Waals surface area contributed by atoms with Crippen LogP contribution in [0.3, 0.4) is 0 Å². The second kappa shape index (κ2) is 7.43. The summed E-state index contributed by atoms with van der Waals surface area (Å²) in [5, 5.41) is 13.9. The number of carboxylic acid groups (broad SMARTS) is 2. The minimum absolute atomic E-state index is 0. The molecule has 0 fully saturated rings. The van der Waals surface area contributed by atoms with E-state index in [-0.39, 0.29) is 31.0 Å². The first kappa shape index (κ1) is 16.7. The molecule has 10 heavy (non-hydrogen) atoms. The molecule has 0 unspecified atom stereocenters. The Balaban J connectivity index is -0.0000000383. The van der Waals surface area contributed by atoms with Gasteiger partial charge in [0.05, 0.1) is 0 Å². The fourth-order valence-electron chi connectivity index (χ4n) is 0. The predicted molar refractivity (Wildman–Crippen MR) is 26.4 cm³/mol. The zero-order chi connectivity index (χ0) is 8.08. The standard InChI is InChI=1S/CH2O3.Na.H4O4Si.H/c2-1(3)4;;1-5(2,3)4;/h(H2,2,3,4);;1-4H;/q;+1;;-1. The molecular weight excluding hydrogens is 175 g/mol. The summed E-state index contributed by atoms with van der Waals surface area (Å²) >= 11 is 0. The van der Waals surface area contributed by atoms with Gasteiger partial charge in [0, 0.05) is 0 Å². The number of rotatable bonds is 0. The molecule has 0 aliphatic carbocycles. The second-order valence-corrected chi connectivity index (χ2v) is 2.08. The molecule has 0 aliphatic heterocycles. The van der Waals surface area contributed by atoms with Crippen LogP contribution in [0.1, 0.15) is 1.43 Å². The molecule has 0 aromatic heterocycles. The molecule has 0 aliphatic rings. The second-order valence-electron chi connectivity index (χ2n) is 0.883. The largest absolute Gasteiger partial charge is 1.00 e. The Morgan fingerprint density at radius 2 is 1.10 bits per heavy atom. The van der Waals surface area contributed by atoms with Crippen molar-refractivity contribution >= 4 is 15.2 Å². The fourth-order valence-corrected chi connectivity index (χ4v) is 0. The number of carbonyl (C=O) groups is 1. The Labute approximate surface area is 80.4 Å². The molecule has 9 heteroatoms. The average Bonchev–Trinajstić information content (AvgIpc) is 1.19. The van der Waals surface area contributed by atoms with E-state index in [4.69, 9.17) is 34.2 Å². The number of hydrogen-bond donors (Lipinski definition) is 6. The fraction of sp³-hybridized carbons (Fsp3) is 0. The zero-order valence-corrected chi connectivity index (χ0v) is 8.09. The van der Waals surface area contributed by atoms with Crippen LogP contribution in [0.5, 0.6) is 0 Å². The SMILES string of the molecule is O=C(O)O.O[Si](O)(O)O.[H-].[Na+]. The van der Waals surface area contributed by atoms with Gasteiger partial charge in [0.2, 0.25) is 0 Å². The Kier molecular flexibility index (Phi) is 12.4. The molecule has 0 rings (SSSR count). The quantitative estimate of drug-likeness (QED) is 0.206. The number of hydrogen-bond acceptors (Lipinski definition) is 5. The Bertz CT molecular complexity index is 80.9. The molecule has 0 heterocycles. The Morgan fingerprint density at radius 1 is 1.10 bits per heavy atom. The van der Waals surface area contributed by atoms with E-state index < -0.39 is 15.2 Å². The smallest absolute Gasteiger partial charge is 1.00 e. The molecule has 0 bridgehead atoms. The van der Waals surface area contributed by atoms with E-state index >= 15 is 0 Å². The van der Waals surface area contributed by atoms with Crippen LogP contribution in [0, 0.1) is 0 Å². The van der Waals surface area contributed by atoms with Gasteiger partial charge in [-0.2, -0.15) is 0 Å². The van der Waals surface area contributed by atoms with E-state index in [0.717, 1.165) is 0 Å². The zero-order valence-electron chi connectivity index (χ0n) is 6.09. The first-order chi connectivity index (χ1) is 3.73. The van der Waals surface area contributed by atoms with Gasteiger partial charge in [0.15, 0.2) is 0 Å². The van der Waals surface area contributed by atoms with Crippen LogP contribution in [0.15, 0.2) is 0 Å². The van der Waals surface area contributed by atoms with Gasteiger partial charge in [0.25, 0.3) is 0 Å². The Morgan fingerprint density at radius 3 is 1.10 bits per heavy atom. The molecule has 58 valence electrons. The van der Waals surface area contributed by atoms with Crippen molar-refractivity contribution in [2.75, 3.05) is 0 Å². The molecular formula is CH7NaO7Si. The summed E-state index contributed by atoms with van der Waals surface area (Å²) in [5.41, 5.74) is 0. The summed E-state index contributed by atoms with van der Waals surface area (Å²) in [5.74, 6) is 0. The van der Waals surface area contributed by atoms with Crippen molar-refractivity contribution in [3.63, 3.8) is 0 Å². The van der Waals surface area contributed by atoms with E-state index in [0.29, 0.717) is 0 Å². The molecule has 0 aromatic carbocycles. The molecule has 6 N–H and O–H groups in total. The summed E-state index contributed by atoms with van der Waals surface area (Å²) in [6, 6.07) is 0. The molecule has 0 aromatic rings. The van der Waals surface area contributed by atoms with E-state index in [1.54, 1.807) is 0 Å². The summed E-state index contributed by atoms with van der Waals surface area (Å²) < 4.78 is 0. The topological polar surface area (TPSA) is 138 Å². The monoisotopic (exact) mass is 182 g/mol. The maximum absolute atomic E-state index is 8.56. The van der Waals surface area contributed by atoms with Crippen LogP contribution >= 0.6 is 0 Å². The van der Waals surface area contributed by atoms with Gasteiger partial charge in [-0.05, 0) is 0 Å². The molecule has 7 nitrogen and oxygen atoms in total. The third-order valence-corrected chi connectivity index (χ3v) is 0. The van der Waals surface area contributed by atoms with Crippen molar-refractivity contribution in [1.82, 2.24) is 0 Å². The van der Waals surface area contributed by atoms with Crippen molar-refractivity contribution in [2.45, 2.75) is 0 Å². The molecule has 0 saturated heterocycles. The predicted octanol–water partition coefficient (Wildman–Crippen LogP) is -5.27. The van der Waals surface area contributed by atoms with E-state index in [1.807, 2.05) is 0 Å². The maximum atomic E-state index is 8.56. The molecule has 0 amide bonds. The first-order valence-electron chi connectivity index (χ1n) is 1.55. The Hall–Kier alpha value is 0.327. The van der Waals surface area contributed by atoms with Gasteiger partial charge in [-0.25, -0.2) is 4.79 Å². The van der Waals surface area contributed by atoms with Crippen LogP contribution in [0.4, 0.5) is 4.79 Å². The van der Waals surface area contributed by atoms with E-state index in [9.17, 15) is 0 Å². The van der Waals surface area contributed by atoms with E-state index in [1.165, 1.54) is 0 Å². The minimum Gasteiger partial charge on any atom is -1.00 e. The normalized spacial score (nSPS) is 8.40. The molecule has 0 atom stereocenters. The van der Waals surface area contributed by atoms with Crippen molar-refractivity contribution in [3.05, 3.63) is 0 Å². The van der Waals surface area contributed by atoms with Gasteiger partial charge in [0.1, 0.15) is 0 Å². The van der Waals surface area contributed by atoms with Crippen LogP contribution in [-0.4, -0.2) is 44.6 Å². The molecule has 0 radical (unpaired) electrons. The third-order valence-electron chi connectivity index (χ3n) is 0. The van der Waals surface area contributed by atoms with Crippen molar-refractivity contribution < 1.29 is 65.2 Å². The first-order valence-corrected chi connectivity index (χ1v) is 3.33. The van der Waals surface area contributed by atoms with Crippen LogP contribution < -0.4 is 29.6 Å². The van der Waals surface area contributed by atoms with Gasteiger partial charge in [-0.1, -0.05) is 0 Å². The summed E-state index contributed by atoms with van der Waals surface area (Å²) in [7, 11) is -4.61. The third kappa shape index (κ3) is 4180. The van der Waals surface area contributed by atoms with Crippen LogP contribution in [0.2, 0.25) is 0 Å². The summed E-state index contributed by atoms with van der Waals surface area (Å²) in [4.78, 5) is 37.9. The van der Waals surface area contributed by atoms with Gasteiger partial charge in [-0.15, -0.1) is 0 Å². The van der Waals surface area contributed by atoms with Gasteiger partial charge >= 0.3 is 44.8 Å². The van der Waals surface area contributed by atoms with Crippen molar-refractivity contribution in [3.8, 4) is 0 Å². The van der Waals surface area contributed by atoms with Crippen LogP contribution in [0.25, 0.3) is 0 Å². The molecule has 0 saturated carbocycles. The minimum atomic E-state index is -4.61. The van der Waals surface area contributed by atoms with E-state index in [2.05, 4.69) is 0 Å². The molecule has 0 spiro atoms. The maximum Gasteiger partial charge on any atom is 1.00 e. The van der Waals surface area contributed by atoms with Crippen LogP contribution in [-0.2, 0) is 0 Å². The van der Waals surface area contributed by atoms with Gasteiger partial charge in [-0.3, -0.25) is 0 Å². The average molecular weight is 182 g/mol. The summed E-state index contributed by atoms with van der Waals surface area (Å²) in [6.45, 7) is 0. The summed E-state index contributed by atoms with van der Waals surface area (Å²) in [6.07, 6.45) is -1.83. The van der Waals surface area contributed by atoms with Crippen molar-refractivity contribution in [1.29, 1.82) is 0 Å².